The number of piperazine rings is 1. The Hall–Kier alpha value is -2.02. The molecule has 1 aromatic heterocycles. The minimum atomic E-state index is -0.575. The summed E-state index contributed by atoms with van der Waals surface area (Å²) >= 11 is 0. The van der Waals surface area contributed by atoms with Crippen molar-refractivity contribution in [2.24, 2.45) is 0 Å². The molecular weight excluding hydrogens is 309 g/mol. The first-order valence-electron chi connectivity index (χ1n) is 8.37. The first-order chi connectivity index (χ1) is 11.5. The molecule has 0 radical (unpaired) electrons. The quantitative estimate of drug-likeness (QED) is 0.778. The van der Waals surface area contributed by atoms with Gasteiger partial charge in [-0.15, -0.1) is 6.58 Å². The van der Waals surface area contributed by atoms with E-state index in [1.165, 1.54) is 0 Å². The molecule has 2 aliphatic heterocycles. The first-order valence-corrected chi connectivity index (χ1v) is 8.37. The Labute approximate surface area is 142 Å². The van der Waals surface area contributed by atoms with Crippen LogP contribution >= 0.6 is 0 Å². The number of carbonyl (C=O) groups is 1. The lowest BCUT2D eigenvalue weighted by Crippen LogP contribution is -2.68. The van der Waals surface area contributed by atoms with Gasteiger partial charge in [-0.3, -0.25) is 9.69 Å². The standard InChI is InChI=1S/C17H24FN5O/c1-4-6-22-8-9-23(13(2)3)15(24)17(22)5-7-21(12-17)16-19-10-14(18)11-20-16/h4,10-11,13H,1,5-9,12H2,2-3H3. The van der Waals surface area contributed by atoms with Crippen LogP contribution < -0.4 is 4.90 Å². The molecule has 0 aromatic carbocycles. The number of aromatic nitrogens is 2. The van der Waals surface area contributed by atoms with Crippen molar-refractivity contribution in [1.29, 1.82) is 0 Å². The molecule has 7 heteroatoms. The summed E-state index contributed by atoms with van der Waals surface area (Å²) < 4.78 is 13.1. The van der Waals surface area contributed by atoms with Crippen LogP contribution in [0.15, 0.2) is 25.0 Å². The molecule has 0 saturated carbocycles. The Bertz CT molecular complexity index is 620. The summed E-state index contributed by atoms with van der Waals surface area (Å²) in [4.78, 5) is 27.5. The van der Waals surface area contributed by atoms with Crippen LogP contribution in [-0.2, 0) is 4.79 Å². The van der Waals surface area contributed by atoms with Gasteiger partial charge in [0.25, 0.3) is 0 Å². The fourth-order valence-corrected chi connectivity index (χ4v) is 3.73. The third-order valence-electron chi connectivity index (χ3n) is 4.99. The van der Waals surface area contributed by atoms with Gasteiger partial charge in [-0.25, -0.2) is 14.4 Å². The van der Waals surface area contributed by atoms with E-state index in [-0.39, 0.29) is 11.9 Å². The Morgan fingerprint density at radius 1 is 1.33 bits per heavy atom. The highest BCUT2D eigenvalue weighted by molar-refractivity contribution is 5.89. The van der Waals surface area contributed by atoms with E-state index < -0.39 is 11.4 Å². The molecule has 130 valence electrons. The van der Waals surface area contributed by atoms with Crippen LogP contribution in [0, 0.1) is 5.82 Å². The van der Waals surface area contributed by atoms with E-state index in [0.29, 0.717) is 32.0 Å². The maximum atomic E-state index is 13.2. The molecule has 6 nitrogen and oxygen atoms in total. The zero-order chi connectivity index (χ0) is 17.3. The second kappa shape index (κ2) is 6.47. The van der Waals surface area contributed by atoms with Crippen molar-refractivity contribution >= 4 is 11.9 Å². The first kappa shape index (κ1) is 16.8. The van der Waals surface area contributed by atoms with Crippen LogP contribution in [0.4, 0.5) is 10.3 Å². The van der Waals surface area contributed by atoms with Gasteiger partial charge in [0.05, 0.1) is 12.4 Å². The number of hydrogen-bond acceptors (Lipinski definition) is 5. The fourth-order valence-electron chi connectivity index (χ4n) is 3.73. The number of nitrogens with zero attached hydrogens (tertiary/aromatic N) is 5. The van der Waals surface area contributed by atoms with Crippen molar-refractivity contribution in [3.8, 4) is 0 Å². The molecule has 2 fully saturated rings. The van der Waals surface area contributed by atoms with Gasteiger partial charge in [-0.2, -0.15) is 0 Å². The molecule has 1 amide bonds. The van der Waals surface area contributed by atoms with Crippen molar-refractivity contribution in [3.63, 3.8) is 0 Å². The van der Waals surface area contributed by atoms with Gasteiger partial charge in [0, 0.05) is 38.8 Å². The average molecular weight is 333 g/mol. The average Bonchev–Trinajstić information content (AvgIpc) is 2.99. The third-order valence-corrected chi connectivity index (χ3v) is 4.99. The van der Waals surface area contributed by atoms with Gasteiger partial charge < -0.3 is 9.80 Å². The largest absolute Gasteiger partial charge is 0.338 e. The normalized spacial score (nSPS) is 25.1. The molecule has 1 atom stereocenters. The van der Waals surface area contributed by atoms with Gasteiger partial charge >= 0.3 is 0 Å². The van der Waals surface area contributed by atoms with Crippen LogP contribution in [0.25, 0.3) is 0 Å². The molecular formula is C17H24FN5O. The maximum absolute atomic E-state index is 13.2. The van der Waals surface area contributed by atoms with Crippen molar-refractivity contribution < 1.29 is 9.18 Å². The van der Waals surface area contributed by atoms with E-state index in [2.05, 4.69) is 21.4 Å². The Kier molecular flexibility index (Phi) is 4.54. The van der Waals surface area contributed by atoms with Gasteiger partial charge in [0.2, 0.25) is 11.9 Å². The SMILES string of the molecule is C=CCN1CCN(C(C)C)C(=O)C12CCN(c1ncc(F)cn1)C2. The smallest absolute Gasteiger partial charge is 0.245 e. The lowest BCUT2D eigenvalue weighted by molar-refractivity contribution is -0.151. The molecule has 0 aliphatic carbocycles. The Morgan fingerprint density at radius 2 is 2.04 bits per heavy atom. The maximum Gasteiger partial charge on any atom is 0.245 e. The summed E-state index contributed by atoms with van der Waals surface area (Å²) in [7, 11) is 0. The number of anilines is 1. The van der Waals surface area contributed by atoms with Crippen LogP contribution in [0.3, 0.4) is 0 Å². The predicted octanol–water partition coefficient (Wildman–Crippen LogP) is 1.30. The van der Waals surface area contributed by atoms with E-state index >= 15 is 0 Å². The topological polar surface area (TPSA) is 52.6 Å². The fraction of sp³-hybridized carbons (Fsp3) is 0.588. The highest BCUT2D eigenvalue weighted by atomic mass is 19.1. The molecule has 1 spiro atoms. The monoisotopic (exact) mass is 333 g/mol. The molecule has 0 bridgehead atoms. The predicted molar refractivity (Wildman–Crippen MR) is 90.2 cm³/mol. The lowest BCUT2D eigenvalue weighted by atomic mass is 9.90. The van der Waals surface area contributed by atoms with Gasteiger partial charge in [0.15, 0.2) is 5.82 Å². The van der Waals surface area contributed by atoms with Gasteiger partial charge in [-0.1, -0.05) is 6.08 Å². The van der Waals surface area contributed by atoms with Crippen LogP contribution in [0.2, 0.25) is 0 Å². The van der Waals surface area contributed by atoms with Crippen LogP contribution in [-0.4, -0.2) is 70.0 Å². The summed E-state index contributed by atoms with van der Waals surface area (Å²) in [5.74, 6) is 0.178. The van der Waals surface area contributed by atoms with Crippen LogP contribution in [0.1, 0.15) is 20.3 Å². The summed E-state index contributed by atoms with van der Waals surface area (Å²) in [6.07, 6.45) is 4.89. The molecule has 2 saturated heterocycles. The minimum Gasteiger partial charge on any atom is -0.338 e. The van der Waals surface area contributed by atoms with Crippen molar-refractivity contribution in [1.82, 2.24) is 19.8 Å². The zero-order valence-electron chi connectivity index (χ0n) is 14.3. The molecule has 3 heterocycles. The summed E-state index contributed by atoms with van der Waals surface area (Å²) in [5, 5.41) is 0. The number of carbonyl (C=O) groups excluding carboxylic acids is 1. The van der Waals surface area contributed by atoms with Gasteiger partial charge in [-0.05, 0) is 20.3 Å². The second-order valence-corrected chi connectivity index (χ2v) is 6.73. The Morgan fingerprint density at radius 3 is 2.67 bits per heavy atom. The van der Waals surface area contributed by atoms with Crippen LogP contribution in [0.5, 0.6) is 0 Å². The van der Waals surface area contributed by atoms with E-state index in [4.69, 9.17) is 0 Å². The molecule has 3 rings (SSSR count). The third kappa shape index (κ3) is 2.77. The molecule has 1 unspecified atom stereocenters. The van der Waals surface area contributed by atoms with Gasteiger partial charge in [0.1, 0.15) is 5.54 Å². The minimum absolute atomic E-state index is 0.162. The summed E-state index contributed by atoms with van der Waals surface area (Å²) in [6.45, 7) is 11.4. The van der Waals surface area contributed by atoms with E-state index in [9.17, 15) is 9.18 Å². The van der Waals surface area contributed by atoms with Crippen molar-refractivity contribution in [2.75, 3.05) is 37.6 Å². The van der Waals surface area contributed by atoms with E-state index in [1.807, 2.05) is 29.7 Å². The summed E-state index contributed by atoms with van der Waals surface area (Å²) in [6, 6.07) is 0.177. The van der Waals surface area contributed by atoms with E-state index in [1.54, 1.807) is 0 Å². The highest BCUT2D eigenvalue weighted by Gasteiger charge is 2.53. The number of halogens is 1. The number of rotatable bonds is 4. The highest BCUT2D eigenvalue weighted by Crippen LogP contribution is 2.35. The Balaban J connectivity index is 1.88. The van der Waals surface area contributed by atoms with Crippen molar-refractivity contribution in [2.45, 2.75) is 31.8 Å². The van der Waals surface area contributed by atoms with Crippen molar-refractivity contribution in [3.05, 3.63) is 30.9 Å². The lowest BCUT2D eigenvalue weighted by Gasteiger charge is -2.48. The van der Waals surface area contributed by atoms with E-state index in [0.717, 1.165) is 25.5 Å². The molecule has 24 heavy (non-hydrogen) atoms. The molecule has 2 aliphatic rings. The number of hydrogen-bond donors (Lipinski definition) is 0. The zero-order valence-corrected chi connectivity index (χ0v) is 14.3. The molecule has 1 aromatic rings. The summed E-state index contributed by atoms with van der Waals surface area (Å²) in [5.41, 5.74) is -0.575. The second-order valence-electron chi connectivity index (χ2n) is 6.73. The number of amides is 1. The molecule has 0 N–H and O–H groups in total.